The third-order valence-electron chi connectivity index (χ3n) is 3.31. The van der Waals surface area contributed by atoms with Gasteiger partial charge < -0.3 is 5.32 Å². The summed E-state index contributed by atoms with van der Waals surface area (Å²) in [5.74, 6) is -0.143. The monoisotopic (exact) mass is 355 g/mol. The van der Waals surface area contributed by atoms with E-state index >= 15 is 0 Å². The minimum atomic E-state index is -0.143. The van der Waals surface area contributed by atoms with Gasteiger partial charge in [0.25, 0.3) is 5.91 Å². The molecular weight excluding hydrogens is 342 g/mol. The van der Waals surface area contributed by atoms with Crippen LogP contribution in [0.1, 0.15) is 15.9 Å². The fourth-order valence-corrected chi connectivity index (χ4v) is 2.43. The number of carbonyl (C=O) groups excluding carboxylic acids is 1. The molecule has 110 valence electrons. The number of hydrogen-bond donors (Lipinski definition) is 2. The van der Waals surface area contributed by atoms with Crippen molar-refractivity contribution in [1.29, 1.82) is 0 Å². The van der Waals surface area contributed by atoms with Gasteiger partial charge in [0.2, 0.25) is 0 Å². The van der Waals surface area contributed by atoms with Crippen molar-refractivity contribution in [2.75, 3.05) is 0 Å². The van der Waals surface area contributed by atoms with Gasteiger partial charge in [-0.15, -0.1) is 0 Å². The van der Waals surface area contributed by atoms with E-state index in [1.807, 2.05) is 54.6 Å². The van der Waals surface area contributed by atoms with Crippen LogP contribution in [0.4, 0.5) is 0 Å². The average Bonchev–Trinajstić information content (AvgIpc) is 3.04. The number of H-pyrrole nitrogens is 1. The number of amides is 1. The summed E-state index contributed by atoms with van der Waals surface area (Å²) < 4.78 is 1.02. The Bertz CT molecular complexity index is 766. The Hall–Kier alpha value is -2.40. The van der Waals surface area contributed by atoms with Gasteiger partial charge in [0.05, 0.1) is 17.5 Å². The number of rotatable bonds is 4. The highest BCUT2D eigenvalue weighted by atomic mass is 79.9. The second-order valence-electron chi connectivity index (χ2n) is 4.83. The van der Waals surface area contributed by atoms with Gasteiger partial charge in [-0.1, -0.05) is 58.4 Å². The van der Waals surface area contributed by atoms with Crippen molar-refractivity contribution in [1.82, 2.24) is 15.5 Å². The highest BCUT2D eigenvalue weighted by Crippen LogP contribution is 2.20. The van der Waals surface area contributed by atoms with Crippen molar-refractivity contribution < 1.29 is 4.79 Å². The number of nitrogens with one attached hydrogen (secondary N) is 2. The average molecular weight is 356 g/mol. The fraction of sp³-hybridized carbons (Fsp3) is 0.0588. The number of carbonyl (C=O) groups is 1. The Morgan fingerprint density at radius 3 is 2.55 bits per heavy atom. The number of aromatic nitrogens is 2. The highest BCUT2D eigenvalue weighted by Gasteiger charge is 2.14. The summed E-state index contributed by atoms with van der Waals surface area (Å²) in [7, 11) is 0. The predicted molar refractivity (Wildman–Crippen MR) is 89.3 cm³/mol. The van der Waals surface area contributed by atoms with Gasteiger partial charge in [-0.3, -0.25) is 9.89 Å². The van der Waals surface area contributed by atoms with E-state index in [1.54, 1.807) is 6.20 Å². The largest absolute Gasteiger partial charge is 0.348 e. The molecule has 3 rings (SSSR count). The smallest absolute Gasteiger partial charge is 0.255 e. The highest BCUT2D eigenvalue weighted by molar-refractivity contribution is 9.10. The summed E-state index contributed by atoms with van der Waals surface area (Å²) in [5, 5.41) is 9.80. The van der Waals surface area contributed by atoms with Gasteiger partial charge in [0.1, 0.15) is 0 Å². The number of nitrogens with zero attached hydrogens (tertiary/aromatic N) is 1. The van der Waals surface area contributed by atoms with E-state index < -0.39 is 0 Å². The van der Waals surface area contributed by atoms with Crippen molar-refractivity contribution in [3.8, 4) is 11.3 Å². The molecule has 0 aliphatic carbocycles. The normalized spacial score (nSPS) is 10.4. The van der Waals surface area contributed by atoms with Crippen LogP contribution in [-0.2, 0) is 6.54 Å². The van der Waals surface area contributed by atoms with Crippen LogP contribution in [0, 0.1) is 0 Å². The standard InChI is InChI=1S/C17H14BrN3O/c18-14-8-6-12(7-9-14)10-19-17(22)15-11-20-21-16(15)13-4-2-1-3-5-13/h1-9,11H,10H2,(H,19,22)(H,20,21). The quantitative estimate of drug-likeness (QED) is 0.748. The number of hydrogen-bond acceptors (Lipinski definition) is 2. The van der Waals surface area contributed by atoms with Gasteiger partial charge in [-0.05, 0) is 17.7 Å². The molecule has 0 radical (unpaired) electrons. The van der Waals surface area contributed by atoms with Gasteiger partial charge in [0.15, 0.2) is 0 Å². The van der Waals surface area contributed by atoms with Crippen LogP contribution in [0.3, 0.4) is 0 Å². The van der Waals surface area contributed by atoms with Crippen LogP contribution in [0.2, 0.25) is 0 Å². The lowest BCUT2D eigenvalue weighted by molar-refractivity contribution is 0.0951. The van der Waals surface area contributed by atoms with E-state index in [2.05, 4.69) is 31.4 Å². The summed E-state index contributed by atoms with van der Waals surface area (Å²) in [6.45, 7) is 0.478. The minimum Gasteiger partial charge on any atom is -0.348 e. The molecule has 0 atom stereocenters. The van der Waals surface area contributed by atoms with E-state index in [-0.39, 0.29) is 5.91 Å². The van der Waals surface area contributed by atoms with E-state index in [4.69, 9.17) is 0 Å². The number of aromatic amines is 1. The van der Waals surface area contributed by atoms with Gasteiger partial charge in [-0.25, -0.2) is 0 Å². The Morgan fingerprint density at radius 2 is 1.82 bits per heavy atom. The van der Waals surface area contributed by atoms with Crippen LogP contribution in [-0.4, -0.2) is 16.1 Å². The Morgan fingerprint density at radius 1 is 1.09 bits per heavy atom. The molecule has 0 fully saturated rings. The van der Waals surface area contributed by atoms with Gasteiger partial charge in [0, 0.05) is 16.6 Å². The van der Waals surface area contributed by atoms with Crippen LogP contribution >= 0.6 is 15.9 Å². The molecule has 4 nitrogen and oxygen atoms in total. The molecule has 0 saturated carbocycles. The Labute approximate surface area is 136 Å². The summed E-state index contributed by atoms with van der Waals surface area (Å²) in [6.07, 6.45) is 1.55. The Balaban J connectivity index is 1.73. The predicted octanol–water partition coefficient (Wildman–Crippen LogP) is 3.77. The van der Waals surface area contributed by atoms with Crippen LogP contribution in [0.25, 0.3) is 11.3 Å². The molecule has 0 aliphatic rings. The minimum absolute atomic E-state index is 0.143. The van der Waals surface area contributed by atoms with Crippen molar-refractivity contribution >= 4 is 21.8 Å². The first kappa shape index (κ1) is 14.5. The zero-order valence-corrected chi connectivity index (χ0v) is 13.3. The molecule has 1 heterocycles. The summed E-state index contributed by atoms with van der Waals surface area (Å²) in [5.41, 5.74) is 3.26. The molecular formula is C17H14BrN3O. The van der Waals surface area contributed by atoms with Crippen LogP contribution in [0.15, 0.2) is 65.3 Å². The summed E-state index contributed by atoms with van der Waals surface area (Å²) in [6, 6.07) is 17.5. The van der Waals surface area contributed by atoms with E-state index in [0.717, 1.165) is 21.3 Å². The maximum atomic E-state index is 12.4. The first-order valence-electron chi connectivity index (χ1n) is 6.85. The fourth-order valence-electron chi connectivity index (χ4n) is 2.16. The molecule has 1 aromatic heterocycles. The van der Waals surface area contributed by atoms with Crippen molar-refractivity contribution in [2.45, 2.75) is 6.54 Å². The van der Waals surface area contributed by atoms with Crippen LogP contribution < -0.4 is 5.32 Å². The number of halogens is 1. The molecule has 0 aliphatic heterocycles. The zero-order chi connectivity index (χ0) is 15.4. The van der Waals surface area contributed by atoms with Crippen molar-refractivity contribution in [3.63, 3.8) is 0 Å². The SMILES string of the molecule is O=C(NCc1ccc(Br)cc1)c1cn[nH]c1-c1ccccc1. The zero-order valence-electron chi connectivity index (χ0n) is 11.7. The molecule has 0 bridgehead atoms. The first-order valence-corrected chi connectivity index (χ1v) is 7.65. The topological polar surface area (TPSA) is 57.8 Å². The second-order valence-corrected chi connectivity index (χ2v) is 5.75. The maximum absolute atomic E-state index is 12.4. The molecule has 0 unspecified atom stereocenters. The van der Waals surface area contributed by atoms with Gasteiger partial charge >= 0.3 is 0 Å². The summed E-state index contributed by atoms with van der Waals surface area (Å²) in [4.78, 5) is 12.4. The molecule has 2 aromatic carbocycles. The maximum Gasteiger partial charge on any atom is 0.255 e. The molecule has 1 amide bonds. The lowest BCUT2D eigenvalue weighted by Gasteiger charge is -2.06. The molecule has 22 heavy (non-hydrogen) atoms. The lowest BCUT2D eigenvalue weighted by Crippen LogP contribution is -2.22. The molecule has 2 N–H and O–H groups in total. The van der Waals surface area contributed by atoms with Gasteiger partial charge in [-0.2, -0.15) is 5.10 Å². The van der Waals surface area contributed by atoms with E-state index in [0.29, 0.717) is 12.1 Å². The second kappa shape index (κ2) is 6.58. The van der Waals surface area contributed by atoms with Crippen molar-refractivity contribution in [3.05, 3.63) is 76.4 Å². The number of benzene rings is 2. The third kappa shape index (κ3) is 3.26. The lowest BCUT2D eigenvalue weighted by atomic mass is 10.1. The molecule has 0 spiro atoms. The first-order chi connectivity index (χ1) is 10.7. The van der Waals surface area contributed by atoms with E-state index in [1.165, 1.54) is 0 Å². The van der Waals surface area contributed by atoms with Crippen LogP contribution in [0.5, 0.6) is 0 Å². The Kier molecular flexibility index (Phi) is 4.34. The summed E-state index contributed by atoms with van der Waals surface area (Å²) >= 11 is 3.39. The van der Waals surface area contributed by atoms with E-state index in [9.17, 15) is 4.79 Å². The molecule has 0 saturated heterocycles. The van der Waals surface area contributed by atoms with Crippen molar-refractivity contribution in [2.24, 2.45) is 0 Å². The molecule has 5 heteroatoms. The third-order valence-corrected chi connectivity index (χ3v) is 3.84. The molecule has 3 aromatic rings.